The largest absolute Gasteiger partial charge is 0.420 e. The molecule has 0 spiro atoms. The maximum absolute atomic E-state index is 12.4. The van der Waals surface area contributed by atoms with Crippen LogP contribution in [0.2, 0.25) is 0 Å². The second kappa shape index (κ2) is 9.11. The number of nitro benzene ring substituents is 1. The molecule has 10 nitrogen and oxygen atoms in total. The molecule has 4 rings (SSSR count). The number of hydrogen-bond acceptors (Lipinski definition) is 7. The fourth-order valence-electron chi connectivity index (χ4n) is 3.63. The Kier molecular flexibility index (Phi) is 6.10. The van der Waals surface area contributed by atoms with E-state index in [1.165, 1.54) is 23.8 Å². The number of nitrogens with zero attached hydrogens (tertiary/aromatic N) is 3. The van der Waals surface area contributed by atoms with Crippen molar-refractivity contribution in [2.45, 2.75) is 19.2 Å². The van der Waals surface area contributed by atoms with Crippen LogP contribution in [0.25, 0.3) is 11.1 Å². The van der Waals surface area contributed by atoms with Gasteiger partial charge in [0.25, 0.3) is 5.69 Å². The lowest BCUT2D eigenvalue weighted by atomic mass is 10.2. The van der Waals surface area contributed by atoms with E-state index in [0.29, 0.717) is 25.2 Å². The summed E-state index contributed by atoms with van der Waals surface area (Å²) in [5.41, 5.74) is 1.43. The number of benzene rings is 2. The van der Waals surface area contributed by atoms with Gasteiger partial charge in [0.2, 0.25) is 5.91 Å². The van der Waals surface area contributed by atoms with E-state index in [0.717, 1.165) is 17.7 Å². The Balaban J connectivity index is 1.33. The van der Waals surface area contributed by atoms with Crippen LogP contribution in [-0.4, -0.2) is 52.6 Å². The molecule has 0 saturated carbocycles. The first-order valence-electron chi connectivity index (χ1n) is 9.92. The number of nitrogens with one attached hydrogen (secondary N) is 1. The zero-order valence-corrected chi connectivity index (χ0v) is 16.7. The van der Waals surface area contributed by atoms with Crippen molar-refractivity contribution in [3.05, 3.63) is 74.8 Å². The second-order valence-corrected chi connectivity index (χ2v) is 7.38. The summed E-state index contributed by atoms with van der Waals surface area (Å²) in [6, 6.07) is 14.0. The van der Waals surface area contributed by atoms with Crippen LogP contribution in [-0.2, 0) is 22.6 Å². The maximum Gasteiger partial charge on any atom is 0.420 e. The topological polar surface area (TPSA) is 120 Å². The third-order valence-corrected chi connectivity index (χ3v) is 5.16. The Morgan fingerprint density at radius 3 is 2.81 bits per heavy atom. The van der Waals surface area contributed by atoms with Gasteiger partial charge in [-0.1, -0.05) is 30.3 Å². The van der Waals surface area contributed by atoms with E-state index >= 15 is 0 Å². The molecule has 1 aromatic heterocycles. The molecule has 2 heterocycles. The minimum atomic E-state index is -0.742. The van der Waals surface area contributed by atoms with Crippen LogP contribution in [0.15, 0.2) is 57.7 Å². The van der Waals surface area contributed by atoms with Crippen LogP contribution >= 0.6 is 0 Å². The zero-order valence-electron chi connectivity index (χ0n) is 16.7. The number of rotatable bonds is 7. The van der Waals surface area contributed by atoms with Gasteiger partial charge in [0.1, 0.15) is 6.54 Å². The summed E-state index contributed by atoms with van der Waals surface area (Å²) < 4.78 is 12.0. The minimum Gasteiger partial charge on any atom is -0.407 e. The molecule has 1 aliphatic rings. The summed E-state index contributed by atoms with van der Waals surface area (Å²) in [7, 11) is 0. The Bertz CT molecular complexity index is 1140. The highest BCUT2D eigenvalue weighted by Crippen LogP contribution is 2.20. The van der Waals surface area contributed by atoms with E-state index in [9.17, 15) is 19.7 Å². The van der Waals surface area contributed by atoms with Crippen molar-refractivity contribution < 1.29 is 18.9 Å². The van der Waals surface area contributed by atoms with Crippen molar-refractivity contribution in [2.75, 3.05) is 26.2 Å². The molecule has 31 heavy (non-hydrogen) atoms. The average molecular weight is 426 g/mol. The van der Waals surface area contributed by atoms with Gasteiger partial charge in [0, 0.05) is 32.2 Å². The number of nitro groups is 1. The van der Waals surface area contributed by atoms with E-state index in [4.69, 9.17) is 9.15 Å². The van der Waals surface area contributed by atoms with Crippen molar-refractivity contribution in [2.24, 2.45) is 0 Å². The summed E-state index contributed by atoms with van der Waals surface area (Å²) in [4.78, 5) is 37.1. The van der Waals surface area contributed by atoms with E-state index in [2.05, 4.69) is 22.3 Å². The van der Waals surface area contributed by atoms with Gasteiger partial charge in [-0.05, 0) is 11.6 Å². The average Bonchev–Trinajstić information content (AvgIpc) is 3.07. The van der Waals surface area contributed by atoms with Gasteiger partial charge in [-0.3, -0.25) is 24.4 Å². The first kappa shape index (κ1) is 20.8. The van der Waals surface area contributed by atoms with E-state index in [1.54, 1.807) is 0 Å². The number of non-ortho nitro benzene ring substituents is 1. The Labute approximate surface area is 177 Å². The quantitative estimate of drug-likeness (QED) is 0.449. The molecule has 2 aromatic carbocycles. The SMILES string of the molecule is O=C(Cn1c(=O)oc2cc([N+](=O)[O-])ccc21)NCC1CN(Cc2ccccc2)CCO1. The van der Waals surface area contributed by atoms with Gasteiger partial charge in [0.05, 0.1) is 29.2 Å². The molecular weight excluding hydrogens is 404 g/mol. The molecule has 162 valence electrons. The number of amides is 1. The van der Waals surface area contributed by atoms with Gasteiger partial charge in [0.15, 0.2) is 5.58 Å². The number of fused-ring (bicyclic) bond motifs is 1. The first-order chi connectivity index (χ1) is 15.0. The summed E-state index contributed by atoms with van der Waals surface area (Å²) >= 11 is 0. The predicted molar refractivity (Wildman–Crippen MR) is 112 cm³/mol. The van der Waals surface area contributed by atoms with Crippen molar-refractivity contribution in [3.8, 4) is 0 Å². The first-order valence-corrected chi connectivity index (χ1v) is 9.92. The lowest BCUT2D eigenvalue weighted by Gasteiger charge is -2.33. The molecule has 1 saturated heterocycles. The van der Waals surface area contributed by atoms with Crippen molar-refractivity contribution in [1.29, 1.82) is 0 Å². The number of aromatic nitrogens is 1. The van der Waals surface area contributed by atoms with Gasteiger partial charge < -0.3 is 14.5 Å². The van der Waals surface area contributed by atoms with Gasteiger partial charge in [-0.25, -0.2) is 4.79 Å². The van der Waals surface area contributed by atoms with E-state index < -0.39 is 10.7 Å². The minimum absolute atomic E-state index is 0.0687. The molecule has 1 N–H and O–H groups in total. The van der Waals surface area contributed by atoms with E-state index in [1.807, 2.05) is 18.2 Å². The normalized spacial score (nSPS) is 17.0. The highest BCUT2D eigenvalue weighted by Gasteiger charge is 2.22. The van der Waals surface area contributed by atoms with Crippen molar-refractivity contribution in [3.63, 3.8) is 0 Å². The zero-order chi connectivity index (χ0) is 21.8. The number of ether oxygens (including phenoxy) is 1. The molecule has 1 fully saturated rings. The Hall–Kier alpha value is -3.50. The van der Waals surface area contributed by atoms with E-state index in [-0.39, 0.29) is 29.8 Å². The van der Waals surface area contributed by atoms with Crippen molar-refractivity contribution in [1.82, 2.24) is 14.8 Å². The third-order valence-electron chi connectivity index (χ3n) is 5.16. The summed E-state index contributed by atoms with van der Waals surface area (Å²) in [6.07, 6.45) is -0.151. The Morgan fingerprint density at radius 1 is 1.23 bits per heavy atom. The molecular formula is C21H22N4O6. The molecule has 0 radical (unpaired) electrons. The summed E-state index contributed by atoms with van der Waals surface area (Å²) in [6.45, 7) is 2.98. The number of oxazole rings is 1. The van der Waals surface area contributed by atoms with Gasteiger partial charge >= 0.3 is 5.76 Å². The molecule has 1 atom stereocenters. The molecule has 0 aliphatic carbocycles. The second-order valence-electron chi connectivity index (χ2n) is 7.38. The third kappa shape index (κ3) is 4.98. The van der Waals surface area contributed by atoms with Crippen LogP contribution in [0.1, 0.15) is 5.56 Å². The monoisotopic (exact) mass is 426 g/mol. The smallest absolute Gasteiger partial charge is 0.407 e. The lowest BCUT2D eigenvalue weighted by molar-refractivity contribution is -0.384. The number of morpholine rings is 1. The van der Waals surface area contributed by atoms with Crippen LogP contribution < -0.4 is 11.1 Å². The molecule has 10 heteroatoms. The molecule has 1 amide bonds. The maximum atomic E-state index is 12.4. The standard InChI is InChI=1S/C21H22N4O6/c26-20(14-24-18-7-6-16(25(28)29)10-19(18)31-21(24)27)22-11-17-13-23(8-9-30-17)12-15-4-2-1-3-5-15/h1-7,10,17H,8-9,11-14H2,(H,22,26). The molecule has 1 unspecified atom stereocenters. The lowest BCUT2D eigenvalue weighted by Crippen LogP contribution is -2.47. The predicted octanol–water partition coefficient (Wildman–Crippen LogP) is 1.52. The fraction of sp³-hybridized carbons (Fsp3) is 0.333. The number of carbonyl (C=O) groups is 1. The van der Waals surface area contributed by atoms with Gasteiger partial charge in [-0.2, -0.15) is 0 Å². The molecule has 3 aromatic rings. The number of carbonyl (C=O) groups excluding carboxylic acids is 1. The fourth-order valence-corrected chi connectivity index (χ4v) is 3.63. The van der Waals surface area contributed by atoms with Crippen LogP contribution in [0.4, 0.5) is 5.69 Å². The summed E-state index contributed by atoms with van der Waals surface area (Å²) in [5.74, 6) is -1.11. The highest BCUT2D eigenvalue weighted by atomic mass is 16.6. The highest BCUT2D eigenvalue weighted by molar-refractivity contribution is 5.80. The molecule has 0 bridgehead atoms. The molecule has 1 aliphatic heterocycles. The van der Waals surface area contributed by atoms with Gasteiger partial charge in [-0.15, -0.1) is 0 Å². The number of hydrogen-bond donors (Lipinski definition) is 1. The summed E-state index contributed by atoms with van der Waals surface area (Å²) in [5, 5.41) is 13.7. The van der Waals surface area contributed by atoms with Crippen molar-refractivity contribution >= 4 is 22.7 Å². The van der Waals surface area contributed by atoms with Crippen LogP contribution in [0, 0.1) is 10.1 Å². The van der Waals surface area contributed by atoms with Crippen LogP contribution in [0.3, 0.4) is 0 Å². The van der Waals surface area contributed by atoms with Crippen LogP contribution in [0.5, 0.6) is 0 Å². The Morgan fingerprint density at radius 2 is 2.03 bits per heavy atom.